The van der Waals surface area contributed by atoms with Gasteiger partial charge in [-0.3, -0.25) is 24.6 Å². The maximum absolute atomic E-state index is 12.5. The first-order valence-corrected chi connectivity index (χ1v) is 9.06. The van der Waals surface area contributed by atoms with Crippen LogP contribution in [-0.4, -0.2) is 59.3 Å². The van der Waals surface area contributed by atoms with Crippen LogP contribution in [0.4, 0.5) is 11.4 Å². The Morgan fingerprint density at radius 2 is 1.71 bits per heavy atom. The summed E-state index contributed by atoms with van der Waals surface area (Å²) in [4.78, 5) is 39.2. The number of rotatable bonds is 5. The van der Waals surface area contributed by atoms with E-state index in [9.17, 15) is 19.7 Å². The Kier molecular flexibility index (Phi) is 6.00. The minimum absolute atomic E-state index is 0.0137. The molecule has 0 bridgehead atoms. The number of hydrogen-bond donors (Lipinski definition) is 1. The largest absolute Gasteiger partial charge is 0.336 e. The summed E-state index contributed by atoms with van der Waals surface area (Å²) in [5, 5.41) is 13.8. The molecule has 1 saturated heterocycles. The number of carbonyl (C=O) groups is 2. The molecule has 0 saturated carbocycles. The molecular weight excluding hydrogens is 360 g/mol. The first-order chi connectivity index (χ1) is 13.5. The molecule has 1 aliphatic heterocycles. The number of piperazine rings is 1. The van der Waals surface area contributed by atoms with E-state index in [4.69, 9.17) is 0 Å². The molecule has 8 heteroatoms. The number of nitro groups is 1. The highest BCUT2D eigenvalue weighted by atomic mass is 16.6. The molecule has 3 rings (SSSR count). The van der Waals surface area contributed by atoms with Gasteiger partial charge in [0, 0.05) is 37.8 Å². The van der Waals surface area contributed by atoms with Crippen molar-refractivity contribution in [2.24, 2.45) is 0 Å². The minimum atomic E-state index is -0.503. The van der Waals surface area contributed by atoms with Crippen LogP contribution in [0.15, 0.2) is 48.5 Å². The van der Waals surface area contributed by atoms with Gasteiger partial charge in [0.15, 0.2) is 0 Å². The van der Waals surface area contributed by atoms with Gasteiger partial charge >= 0.3 is 0 Å². The SMILES string of the molecule is Cc1cccc([N+](=O)[O-])c1NC(=O)CN1CCN(C(=O)c2ccccc2)CC1. The second-order valence-corrected chi connectivity index (χ2v) is 6.71. The fraction of sp³-hybridized carbons (Fsp3) is 0.300. The van der Waals surface area contributed by atoms with E-state index in [-0.39, 0.29) is 29.7 Å². The molecule has 1 N–H and O–H groups in total. The molecule has 1 heterocycles. The van der Waals surface area contributed by atoms with Crippen LogP contribution in [0.1, 0.15) is 15.9 Å². The van der Waals surface area contributed by atoms with E-state index in [2.05, 4.69) is 5.32 Å². The third-order valence-corrected chi connectivity index (χ3v) is 4.76. The highest BCUT2D eigenvalue weighted by Gasteiger charge is 2.24. The summed E-state index contributed by atoms with van der Waals surface area (Å²) in [5.41, 5.74) is 1.41. The predicted octanol–water partition coefficient (Wildman–Crippen LogP) is 2.30. The van der Waals surface area contributed by atoms with Crippen LogP contribution in [0, 0.1) is 17.0 Å². The van der Waals surface area contributed by atoms with Crippen LogP contribution in [0.25, 0.3) is 0 Å². The van der Waals surface area contributed by atoms with Crippen molar-refractivity contribution in [3.05, 3.63) is 69.8 Å². The average Bonchev–Trinajstić information content (AvgIpc) is 2.70. The van der Waals surface area contributed by atoms with Crippen LogP contribution < -0.4 is 5.32 Å². The molecule has 146 valence electrons. The van der Waals surface area contributed by atoms with Crippen LogP contribution in [0.5, 0.6) is 0 Å². The van der Waals surface area contributed by atoms with Gasteiger partial charge in [0.1, 0.15) is 5.69 Å². The van der Waals surface area contributed by atoms with Gasteiger partial charge in [-0.25, -0.2) is 0 Å². The van der Waals surface area contributed by atoms with Crippen molar-refractivity contribution in [1.29, 1.82) is 0 Å². The number of anilines is 1. The lowest BCUT2D eigenvalue weighted by Gasteiger charge is -2.34. The topological polar surface area (TPSA) is 95.8 Å². The van der Waals surface area contributed by atoms with Gasteiger partial charge in [-0.1, -0.05) is 30.3 Å². The third-order valence-electron chi connectivity index (χ3n) is 4.76. The lowest BCUT2D eigenvalue weighted by Crippen LogP contribution is -2.50. The standard InChI is InChI=1S/C20H22N4O4/c1-15-6-5-9-17(24(27)28)19(15)21-18(25)14-22-10-12-23(13-11-22)20(26)16-7-3-2-4-8-16/h2-9H,10-14H2,1H3,(H,21,25). The Morgan fingerprint density at radius 3 is 2.36 bits per heavy atom. The van der Waals surface area contributed by atoms with E-state index in [0.29, 0.717) is 37.3 Å². The molecule has 0 atom stereocenters. The quantitative estimate of drug-likeness (QED) is 0.632. The van der Waals surface area contributed by atoms with E-state index in [1.807, 2.05) is 23.1 Å². The molecule has 0 radical (unpaired) electrons. The molecule has 0 spiro atoms. The van der Waals surface area contributed by atoms with Gasteiger partial charge < -0.3 is 10.2 Å². The summed E-state index contributed by atoms with van der Waals surface area (Å²) >= 11 is 0. The molecule has 2 aromatic rings. The van der Waals surface area contributed by atoms with Crippen molar-refractivity contribution >= 4 is 23.2 Å². The molecule has 8 nitrogen and oxygen atoms in total. The number of hydrogen-bond acceptors (Lipinski definition) is 5. The molecular formula is C20H22N4O4. The average molecular weight is 382 g/mol. The fourth-order valence-electron chi connectivity index (χ4n) is 3.22. The highest BCUT2D eigenvalue weighted by molar-refractivity contribution is 5.95. The van der Waals surface area contributed by atoms with Crippen molar-refractivity contribution in [3.63, 3.8) is 0 Å². The predicted molar refractivity (Wildman–Crippen MR) is 105 cm³/mol. The third kappa shape index (κ3) is 4.52. The summed E-state index contributed by atoms with van der Waals surface area (Å²) in [7, 11) is 0. The fourth-order valence-corrected chi connectivity index (χ4v) is 3.22. The molecule has 0 aromatic heterocycles. The zero-order valence-electron chi connectivity index (χ0n) is 15.6. The maximum Gasteiger partial charge on any atom is 0.293 e. The second kappa shape index (κ2) is 8.62. The molecule has 1 fully saturated rings. The number of para-hydroxylation sites is 1. The van der Waals surface area contributed by atoms with Gasteiger partial charge in [-0.2, -0.15) is 0 Å². The monoisotopic (exact) mass is 382 g/mol. The number of nitro benzene ring substituents is 1. The number of nitrogens with one attached hydrogen (secondary N) is 1. The summed E-state index contributed by atoms with van der Waals surface area (Å²) < 4.78 is 0. The number of benzene rings is 2. The highest BCUT2D eigenvalue weighted by Crippen LogP contribution is 2.27. The first kappa shape index (κ1) is 19.5. The summed E-state index contributed by atoms with van der Waals surface area (Å²) in [6, 6.07) is 13.8. The second-order valence-electron chi connectivity index (χ2n) is 6.71. The normalized spacial score (nSPS) is 14.5. The van der Waals surface area contributed by atoms with Crippen molar-refractivity contribution < 1.29 is 14.5 Å². The van der Waals surface area contributed by atoms with Crippen molar-refractivity contribution in [3.8, 4) is 0 Å². The molecule has 2 amide bonds. The van der Waals surface area contributed by atoms with Gasteiger partial charge in [0.25, 0.3) is 11.6 Å². The van der Waals surface area contributed by atoms with Gasteiger partial charge in [-0.15, -0.1) is 0 Å². The zero-order chi connectivity index (χ0) is 20.1. The van der Waals surface area contributed by atoms with Crippen LogP contribution in [-0.2, 0) is 4.79 Å². The van der Waals surface area contributed by atoms with Crippen LogP contribution >= 0.6 is 0 Å². The number of aryl methyl sites for hydroxylation is 1. The molecule has 2 aromatic carbocycles. The van der Waals surface area contributed by atoms with Gasteiger partial charge in [0.2, 0.25) is 5.91 Å². The van der Waals surface area contributed by atoms with E-state index in [1.54, 1.807) is 36.1 Å². The van der Waals surface area contributed by atoms with Crippen molar-refractivity contribution in [1.82, 2.24) is 9.80 Å². The molecule has 0 aliphatic carbocycles. The maximum atomic E-state index is 12.5. The van der Waals surface area contributed by atoms with Gasteiger partial charge in [-0.05, 0) is 24.6 Å². The Balaban J connectivity index is 1.55. The Bertz CT molecular complexity index is 877. The van der Waals surface area contributed by atoms with Crippen LogP contribution in [0.3, 0.4) is 0 Å². The number of carbonyl (C=O) groups excluding carboxylic acids is 2. The lowest BCUT2D eigenvalue weighted by molar-refractivity contribution is -0.384. The first-order valence-electron chi connectivity index (χ1n) is 9.06. The molecule has 28 heavy (non-hydrogen) atoms. The lowest BCUT2D eigenvalue weighted by atomic mass is 10.1. The number of amides is 2. The molecule has 0 unspecified atom stereocenters. The van der Waals surface area contributed by atoms with Crippen LogP contribution in [0.2, 0.25) is 0 Å². The smallest absolute Gasteiger partial charge is 0.293 e. The summed E-state index contributed by atoms with van der Waals surface area (Å²) in [5.74, 6) is -0.319. The minimum Gasteiger partial charge on any atom is -0.336 e. The Labute approximate surface area is 162 Å². The van der Waals surface area contributed by atoms with E-state index >= 15 is 0 Å². The number of nitrogens with zero attached hydrogens (tertiary/aromatic N) is 3. The van der Waals surface area contributed by atoms with Crippen molar-refractivity contribution in [2.75, 3.05) is 38.0 Å². The van der Waals surface area contributed by atoms with E-state index in [0.717, 1.165) is 0 Å². The van der Waals surface area contributed by atoms with E-state index < -0.39 is 4.92 Å². The van der Waals surface area contributed by atoms with E-state index in [1.165, 1.54) is 6.07 Å². The van der Waals surface area contributed by atoms with Gasteiger partial charge in [0.05, 0.1) is 11.5 Å². The molecule has 1 aliphatic rings. The Morgan fingerprint density at radius 1 is 1.04 bits per heavy atom. The summed E-state index contributed by atoms with van der Waals surface area (Å²) in [6.07, 6.45) is 0. The summed E-state index contributed by atoms with van der Waals surface area (Å²) in [6.45, 7) is 4.05. The van der Waals surface area contributed by atoms with Crippen molar-refractivity contribution in [2.45, 2.75) is 6.92 Å². The zero-order valence-corrected chi connectivity index (χ0v) is 15.6. The Hall–Kier alpha value is -3.26.